The van der Waals surface area contributed by atoms with Crippen molar-refractivity contribution in [1.29, 1.82) is 0 Å². The Balaban J connectivity index is 1.89. The summed E-state index contributed by atoms with van der Waals surface area (Å²) in [6, 6.07) is 10.5. The normalized spacial score (nSPS) is 11.4. The smallest absolute Gasteiger partial charge is 0.0708 e. The zero-order chi connectivity index (χ0) is 15.1. The number of hydrogen-bond donors (Lipinski definition) is 1. The molecule has 1 N–H and O–H groups in total. The Morgan fingerprint density at radius 3 is 2.86 bits per heavy atom. The summed E-state index contributed by atoms with van der Waals surface area (Å²) < 4.78 is 5.08. The summed E-state index contributed by atoms with van der Waals surface area (Å²) in [5, 5.41) is 4.76. The predicted molar refractivity (Wildman–Crippen MR) is 87.6 cm³/mol. The average Bonchev–Trinajstić information content (AvgIpc) is 2.49. The fraction of sp³-hybridized carbons (Fsp3) is 0.471. The van der Waals surface area contributed by atoms with Crippen molar-refractivity contribution in [3.8, 4) is 0 Å². The van der Waals surface area contributed by atoms with Gasteiger partial charge in [-0.1, -0.05) is 18.2 Å². The van der Waals surface area contributed by atoms with Crippen molar-refractivity contribution in [1.82, 2.24) is 15.2 Å². The van der Waals surface area contributed by atoms with E-state index < -0.39 is 0 Å². The van der Waals surface area contributed by atoms with Gasteiger partial charge in [-0.2, -0.15) is 0 Å². The van der Waals surface area contributed by atoms with Gasteiger partial charge in [0.15, 0.2) is 0 Å². The second-order valence-corrected chi connectivity index (χ2v) is 5.41. The maximum absolute atomic E-state index is 5.08. The number of aryl methyl sites for hydroxylation is 1. The lowest BCUT2D eigenvalue weighted by Crippen LogP contribution is -2.31. The fourth-order valence-corrected chi connectivity index (χ4v) is 2.39. The van der Waals surface area contributed by atoms with Crippen LogP contribution in [0.3, 0.4) is 0 Å². The van der Waals surface area contributed by atoms with Crippen molar-refractivity contribution in [2.45, 2.75) is 13.5 Å². The number of benzene rings is 1. The molecule has 1 aromatic heterocycles. The van der Waals surface area contributed by atoms with E-state index in [4.69, 9.17) is 4.74 Å². The lowest BCUT2D eigenvalue weighted by molar-refractivity contribution is 0.161. The summed E-state index contributed by atoms with van der Waals surface area (Å²) in [7, 11) is 3.86. The van der Waals surface area contributed by atoms with E-state index in [1.807, 2.05) is 6.07 Å². The van der Waals surface area contributed by atoms with E-state index in [0.717, 1.165) is 44.0 Å². The summed E-state index contributed by atoms with van der Waals surface area (Å²) in [4.78, 5) is 6.85. The molecule has 0 atom stereocenters. The number of pyridine rings is 1. The summed E-state index contributed by atoms with van der Waals surface area (Å²) in [6.07, 6.45) is 0. The van der Waals surface area contributed by atoms with Crippen LogP contribution in [0.25, 0.3) is 10.9 Å². The molecule has 4 heteroatoms. The van der Waals surface area contributed by atoms with Crippen molar-refractivity contribution in [2.24, 2.45) is 0 Å². The SMILES string of the molecule is COCCN(C)CCNCc1cc(C)nc2ccccc12. The Morgan fingerprint density at radius 1 is 1.24 bits per heavy atom. The highest BCUT2D eigenvalue weighted by Crippen LogP contribution is 2.17. The molecule has 0 radical (unpaired) electrons. The molecule has 0 aliphatic carbocycles. The maximum Gasteiger partial charge on any atom is 0.0708 e. The number of hydrogen-bond acceptors (Lipinski definition) is 4. The molecule has 0 unspecified atom stereocenters. The quantitative estimate of drug-likeness (QED) is 0.755. The number of methoxy groups -OCH3 is 1. The summed E-state index contributed by atoms with van der Waals surface area (Å²) >= 11 is 0. The van der Waals surface area contributed by atoms with Crippen LogP contribution in [0.5, 0.6) is 0 Å². The Morgan fingerprint density at radius 2 is 2.05 bits per heavy atom. The number of para-hydroxylation sites is 1. The van der Waals surface area contributed by atoms with Crippen LogP contribution in [0, 0.1) is 6.92 Å². The number of nitrogens with one attached hydrogen (secondary N) is 1. The van der Waals surface area contributed by atoms with Crippen LogP contribution in [0.2, 0.25) is 0 Å². The highest BCUT2D eigenvalue weighted by molar-refractivity contribution is 5.82. The van der Waals surface area contributed by atoms with Gasteiger partial charge in [-0.05, 0) is 31.7 Å². The molecule has 0 aliphatic rings. The summed E-state index contributed by atoms with van der Waals surface area (Å²) in [5.41, 5.74) is 3.46. The number of fused-ring (bicyclic) bond motifs is 1. The van der Waals surface area contributed by atoms with E-state index in [1.54, 1.807) is 7.11 Å². The van der Waals surface area contributed by atoms with Gasteiger partial charge >= 0.3 is 0 Å². The van der Waals surface area contributed by atoms with E-state index in [-0.39, 0.29) is 0 Å². The van der Waals surface area contributed by atoms with Gasteiger partial charge in [0, 0.05) is 44.4 Å². The highest BCUT2D eigenvalue weighted by atomic mass is 16.5. The van der Waals surface area contributed by atoms with Crippen LogP contribution in [0.15, 0.2) is 30.3 Å². The molecule has 0 saturated carbocycles. The number of rotatable bonds is 8. The molecular formula is C17H25N3O. The van der Waals surface area contributed by atoms with E-state index in [0.29, 0.717) is 0 Å². The zero-order valence-electron chi connectivity index (χ0n) is 13.2. The third-order valence-corrected chi connectivity index (χ3v) is 3.59. The Bertz CT molecular complexity index is 571. The van der Waals surface area contributed by atoms with E-state index in [9.17, 15) is 0 Å². The molecule has 114 valence electrons. The first-order chi connectivity index (χ1) is 10.2. The van der Waals surface area contributed by atoms with Crippen LogP contribution in [0.1, 0.15) is 11.3 Å². The largest absolute Gasteiger partial charge is 0.383 e. The first kappa shape index (κ1) is 15.9. The molecule has 21 heavy (non-hydrogen) atoms. The molecule has 1 heterocycles. The van der Waals surface area contributed by atoms with Gasteiger partial charge in [-0.3, -0.25) is 4.98 Å². The lowest BCUT2D eigenvalue weighted by atomic mass is 10.1. The molecule has 0 bridgehead atoms. The van der Waals surface area contributed by atoms with E-state index in [1.165, 1.54) is 10.9 Å². The number of aromatic nitrogens is 1. The minimum absolute atomic E-state index is 0.782. The zero-order valence-corrected chi connectivity index (χ0v) is 13.2. The molecule has 0 fully saturated rings. The Hall–Kier alpha value is -1.49. The molecular weight excluding hydrogens is 262 g/mol. The van der Waals surface area contributed by atoms with Crippen molar-refractivity contribution in [3.63, 3.8) is 0 Å². The van der Waals surface area contributed by atoms with Gasteiger partial charge in [0.1, 0.15) is 0 Å². The van der Waals surface area contributed by atoms with Gasteiger partial charge in [0.25, 0.3) is 0 Å². The maximum atomic E-state index is 5.08. The van der Waals surface area contributed by atoms with Crippen LogP contribution in [0.4, 0.5) is 0 Å². The number of nitrogens with zero attached hydrogens (tertiary/aromatic N) is 2. The van der Waals surface area contributed by atoms with Crippen LogP contribution < -0.4 is 5.32 Å². The van der Waals surface area contributed by atoms with Gasteiger partial charge in [-0.25, -0.2) is 0 Å². The second kappa shape index (κ2) is 8.08. The van der Waals surface area contributed by atoms with Gasteiger partial charge in [-0.15, -0.1) is 0 Å². The van der Waals surface area contributed by atoms with Crippen LogP contribution >= 0.6 is 0 Å². The molecule has 2 rings (SSSR count). The monoisotopic (exact) mass is 287 g/mol. The van der Waals surface area contributed by atoms with Gasteiger partial charge in [0.2, 0.25) is 0 Å². The number of likely N-dealkylation sites (N-methyl/N-ethyl adjacent to an activating group) is 1. The predicted octanol–water partition coefficient (Wildman–Crippen LogP) is 2.21. The molecule has 1 aromatic carbocycles. The van der Waals surface area contributed by atoms with E-state index >= 15 is 0 Å². The average molecular weight is 287 g/mol. The lowest BCUT2D eigenvalue weighted by Gasteiger charge is -2.16. The Kier molecular flexibility index (Phi) is 6.11. The second-order valence-electron chi connectivity index (χ2n) is 5.41. The first-order valence-electron chi connectivity index (χ1n) is 7.44. The minimum Gasteiger partial charge on any atom is -0.383 e. The molecule has 0 saturated heterocycles. The molecule has 2 aromatic rings. The fourth-order valence-electron chi connectivity index (χ4n) is 2.39. The van der Waals surface area contributed by atoms with E-state index in [2.05, 4.69) is 53.4 Å². The van der Waals surface area contributed by atoms with Crippen LogP contribution in [-0.2, 0) is 11.3 Å². The standard InChI is InChI=1S/C17H25N3O/c1-14-12-15(16-6-4-5-7-17(16)19-14)13-18-8-9-20(2)10-11-21-3/h4-7,12,18H,8-11,13H2,1-3H3. The van der Waals surface area contributed by atoms with Gasteiger partial charge < -0.3 is 15.0 Å². The third-order valence-electron chi connectivity index (χ3n) is 3.59. The first-order valence-corrected chi connectivity index (χ1v) is 7.44. The van der Waals surface area contributed by atoms with Crippen molar-refractivity contribution in [2.75, 3.05) is 40.4 Å². The van der Waals surface area contributed by atoms with Crippen LogP contribution in [-0.4, -0.2) is 50.3 Å². The summed E-state index contributed by atoms with van der Waals surface area (Å²) in [6.45, 7) is 6.66. The van der Waals surface area contributed by atoms with Crippen molar-refractivity contribution < 1.29 is 4.74 Å². The highest BCUT2D eigenvalue weighted by Gasteiger charge is 2.03. The molecule has 0 amide bonds. The van der Waals surface area contributed by atoms with Crippen molar-refractivity contribution in [3.05, 3.63) is 41.6 Å². The van der Waals surface area contributed by atoms with Gasteiger partial charge in [0.05, 0.1) is 12.1 Å². The Labute approximate surface area is 127 Å². The number of ether oxygens (including phenoxy) is 1. The third kappa shape index (κ3) is 4.77. The minimum atomic E-state index is 0.782. The van der Waals surface area contributed by atoms with Crippen molar-refractivity contribution >= 4 is 10.9 Å². The topological polar surface area (TPSA) is 37.4 Å². The molecule has 0 aliphatic heterocycles. The summed E-state index contributed by atoms with van der Waals surface area (Å²) in [5.74, 6) is 0. The molecule has 4 nitrogen and oxygen atoms in total. The molecule has 0 spiro atoms.